The quantitative estimate of drug-likeness (QED) is 0.494. The molecule has 6 heteroatoms. The van der Waals surface area contributed by atoms with Crippen LogP contribution in [0.25, 0.3) is 10.8 Å². The van der Waals surface area contributed by atoms with Crippen molar-refractivity contribution in [3.05, 3.63) is 65.7 Å². The van der Waals surface area contributed by atoms with Gasteiger partial charge in [-0.25, -0.2) is 5.43 Å². The van der Waals surface area contributed by atoms with Crippen molar-refractivity contribution in [1.29, 1.82) is 0 Å². The predicted octanol–water partition coefficient (Wildman–Crippen LogP) is 4.22. The van der Waals surface area contributed by atoms with Gasteiger partial charge < -0.3 is 14.4 Å². The van der Waals surface area contributed by atoms with Crippen LogP contribution in [0.5, 0.6) is 11.5 Å². The largest absolute Gasteiger partial charge is 0.496 e. The molecular weight excluding hydrogens is 378 g/mol. The number of hydrazone groups is 1. The van der Waals surface area contributed by atoms with Gasteiger partial charge in [0.15, 0.2) is 0 Å². The molecule has 1 N–H and O–H groups in total. The molecule has 0 unspecified atom stereocenters. The van der Waals surface area contributed by atoms with Crippen LogP contribution in [0.3, 0.4) is 0 Å². The Hall–Kier alpha value is -3.54. The van der Waals surface area contributed by atoms with E-state index >= 15 is 0 Å². The highest BCUT2D eigenvalue weighted by molar-refractivity contribution is 5.99. The third kappa shape index (κ3) is 4.08. The Morgan fingerprint density at radius 3 is 2.43 bits per heavy atom. The zero-order valence-electron chi connectivity index (χ0n) is 17.2. The number of carbonyl (C=O) groups is 1. The Morgan fingerprint density at radius 2 is 1.70 bits per heavy atom. The topological polar surface area (TPSA) is 63.2 Å². The molecule has 0 aliphatic carbocycles. The fourth-order valence-electron chi connectivity index (χ4n) is 3.77. The molecule has 1 saturated heterocycles. The summed E-state index contributed by atoms with van der Waals surface area (Å²) in [6, 6.07) is 17.4. The second-order valence-electron chi connectivity index (χ2n) is 7.22. The molecule has 3 aromatic carbocycles. The van der Waals surface area contributed by atoms with E-state index in [1.807, 2.05) is 48.5 Å². The molecule has 0 spiro atoms. The van der Waals surface area contributed by atoms with E-state index in [9.17, 15) is 4.79 Å². The molecule has 1 heterocycles. The number of hydrogen-bond donors (Lipinski definition) is 1. The smallest absolute Gasteiger partial charge is 0.271 e. The van der Waals surface area contributed by atoms with E-state index in [1.165, 1.54) is 12.8 Å². The van der Waals surface area contributed by atoms with Crippen molar-refractivity contribution < 1.29 is 14.3 Å². The number of hydrogen-bond acceptors (Lipinski definition) is 5. The summed E-state index contributed by atoms with van der Waals surface area (Å²) in [7, 11) is 3.28. The lowest BCUT2D eigenvalue weighted by Gasteiger charge is -2.22. The van der Waals surface area contributed by atoms with E-state index in [2.05, 4.69) is 15.4 Å². The molecule has 0 atom stereocenters. The fourth-order valence-corrected chi connectivity index (χ4v) is 3.77. The number of benzene rings is 3. The van der Waals surface area contributed by atoms with Crippen LogP contribution in [-0.4, -0.2) is 39.4 Å². The third-order valence-electron chi connectivity index (χ3n) is 5.36. The van der Waals surface area contributed by atoms with E-state index < -0.39 is 0 Å². The van der Waals surface area contributed by atoms with E-state index in [0.29, 0.717) is 11.3 Å². The summed E-state index contributed by atoms with van der Waals surface area (Å²) >= 11 is 0. The summed E-state index contributed by atoms with van der Waals surface area (Å²) in [5, 5.41) is 6.24. The lowest BCUT2D eigenvalue weighted by Crippen LogP contribution is -2.19. The zero-order valence-corrected chi connectivity index (χ0v) is 17.2. The van der Waals surface area contributed by atoms with Gasteiger partial charge in [0.2, 0.25) is 0 Å². The van der Waals surface area contributed by atoms with Crippen LogP contribution in [0.15, 0.2) is 59.7 Å². The van der Waals surface area contributed by atoms with Gasteiger partial charge >= 0.3 is 0 Å². The molecular formula is C24H25N3O3. The van der Waals surface area contributed by atoms with E-state index in [-0.39, 0.29) is 5.91 Å². The van der Waals surface area contributed by atoms with Crippen LogP contribution in [-0.2, 0) is 0 Å². The summed E-state index contributed by atoms with van der Waals surface area (Å²) in [5.41, 5.74) is 4.90. The van der Waals surface area contributed by atoms with Gasteiger partial charge in [-0.05, 0) is 41.8 Å². The Bertz CT molecular complexity index is 1090. The Morgan fingerprint density at radius 1 is 0.967 bits per heavy atom. The second kappa shape index (κ2) is 8.86. The molecule has 0 aromatic heterocycles. The highest BCUT2D eigenvalue weighted by Gasteiger charge is 2.19. The average molecular weight is 403 g/mol. The van der Waals surface area contributed by atoms with Gasteiger partial charge in [-0.15, -0.1) is 0 Å². The summed E-state index contributed by atoms with van der Waals surface area (Å²) < 4.78 is 11.1. The van der Waals surface area contributed by atoms with Crippen molar-refractivity contribution in [2.45, 2.75) is 12.8 Å². The standard InChI is InChI=1S/C24H25N3O3/c1-29-22-15-21(27-11-5-6-12-27)23(30-2)14-20(22)16-25-26-24(28)19-10-9-17-7-3-4-8-18(17)13-19/h3-4,7-10,13-16H,5-6,11-12H2,1-2H3,(H,26,28)/b25-16-. The average Bonchev–Trinajstić information content (AvgIpc) is 3.33. The van der Waals surface area contributed by atoms with Crippen molar-refractivity contribution in [3.63, 3.8) is 0 Å². The highest BCUT2D eigenvalue weighted by atomic mass is 16.5. The van der Waals surface area contributed by atoms with E-state index in [4.69, 9.17) is 9.47 Å². The molecule has 1 fully saturated rings. The number of amides is 1. The number of rotatable bonds is 6. The molecule has 0 radical (unpaired) electrons. The van der Waals surface area contributed by atoms with Crippen molar-refractivity contribution in [2.24, 2.45) is 5.10 Å². The summed E-state index contributed by atoms with van der Waals surface area (Å²) in [6.45, 7) is 2.02. The zero-order chi connectivity index (χ0) is 20.9. The van der Waals surface area contributed by atoms with Crippen molar-refractivity contribution in [1.82, 2.24) is 5.43 Å². The molecule has 1 amide bonds. The molecule has 0 bridgehead atoms. The number of fused-ring (bicyclic) bond motifs is 1. The number of nitrogens with one attached hydrogen (secondary N) is 1. The van der Waals surface area contributed by atoms with Crippen LogP contribution in [0, 0.1) is 0 Å². The Kier molecular flexibility index (Phi) is 5.84. The first-order valence-electron chi connectivity index (χ1n) is 10.0. The van der Waals surface area contributed by atoms with Gasteiger partial charge in [0.1, 0.15) is 11.5 Å². The maximum atomic E-state index is 12.5. The predicted molar refractivity (Wildman–Crippen MR) is 120 cm³/mol. The monoisotopic (exact) mass is 403 g/mol. The van der Waals surface area contributed by atoms with E-state index in [1.54, 1.807) is 26.5 Å². The minimum atomic E-state index is -0.267. The molecule has 30 heavy (non-hydrogen) atoms. The van der Waals surface area contributed by atoms with Crippen LogP contribution in [0.2, 0.25) is 0 Å². The third-order valence-corrected chi connectivity index (χ3v) is 5.36. The first-order valence-corrected chi connectivity index (χ1v) is 10.0. The SMILES string of the molecule is COc1cc(N2CCCC2)c(OC)cc1/C=N\NC(=O)c1ccc2ccccc2c1. The highest BCUT2D eigenvalue weighted by Crippen LogP contribution is 2.36. The molecule has 154 valence electrons. The van der Waals surface area contributed by atoms with Crippen molar-refractivity contribution in [3.8, 4) is 11.5 Å². The molecule has 1 aliphatic heterocycles. The minimum Gasteiger partial charge on any atom is -0.496 e. The van der Waals surface area contributed by atoms with Crippen LogP contribution in [0.1, 0.15) is 28.8 Å². The lowest BCUT2D eigenvalue weighted by molar-refractivity contribution is 0.0955. The number of ether oxygens (including phenoxy) is 2. The summed E-state index contributed by atoms with van der Waals surface area (Å²) in [6.07, 6.45) is 3.93. The summed E-state index contributed by atoms with van der Waals surface area (Å²) in [4.78, 5) is 14.8. The van der Waals surface area contributed by atoms with Crippen LogP contribution in [0.4, 0.5) is 5.69 Å². The molecule has 4 rings (SSSR count). The molecule has 3 aromatic rings. The van der Waals surface area contributed by atoms with Gasteiger partial charge in [-0.1, -0.05) is 30.3 Å². The number of methoxy groups -OCH3 is 2. The normalized spacial score (nSPS) is 13.7. The first-order chi connectivity index (χ1) is 14.7. The second-order valence-corrected chi connectivity index (χ2v) is 7.22. The van der Waals surface area contributed by atoms with E-state index in [0.717, 1.165) is 40.9 Å². The van der Waals surface area contributed by atoms with Gasteiger partial charge in [0, 0.05) is 30.3 Å². The van der Waals surface area contributed by atoms with Gasteiger partial charge in [0.25, 0.3) is 5.91 Å². The maximum Gasteiger partial charge on any atom is 0.271 e. The van der Waals surface area contributed by atoms with Gasteiger partial charge in [-0.2, -0.15) is 5.10 Å². The van der Waals surface area contributed by atoms with Crippen molar-refractivity contribution >= 4 is 28.6 Å². The van der Waals surface area contributed by atoms with Gasteiger partial charge in [0.05, 0.1) is 26.1 Å². The van der Waals surface area contributed by atoms with Crippen LogP contribution >= 0.6 is 0 Å². The molecule has 1 aliphatic rings. The van der Waals surface area contributed by atoms with Crippen LogP contribution < -0.4 is 19.8 Å². The minimum absolute atomic E-state index is 0.267. The number of carbonyl (C=O) groups excluding carboxylic acids is 1. The summed E-state index contributed by atoms with van der Waals surface area (Å²) in [5.74, 6) is 1.18. The number of nitrogens with zero attached hydrogens (tertiary/aromatic N) is 2. The lowest BCUT2D eigenvalue weighted by atomic mass is 10.1. The van der Waals surface area contributed by atoms with Gasteiger partial charge in [-0.3, -0.25) is 4.79 Å². The number of anilines is 1. The maximum absolute atomic E-state index is 12.5. The Labute approximate surface area is 176 Å². The fraction of sp³-hybridized carbons (Fsp3) is 0.250. The van der Waals surface area contributed by atoms with Crippen molar-refractivity contribution in [2.75, 3.05) is 32.2 Å². The molecule has 6 nitrogen and oxygen atoms in total. The molecule has 0 saturated carbocycles. The first kappa shape index (κ1) is 19.8. The Balaban J connectivity index is 1.53.